The molecule has 8 heavy (non-hydrogen) atoms. The normalized spacial score (nSPS) is 36.2. The van der Waals surface area contributed by atoms with Gasteiger partial charge in [-0.25, -0.2) is 0 Å². The van der Waals surface area contributed by atoms with Crippen LogP contribution in [0.2, 0.25) is 0 Å². The van der Waals surface area contributed by atoms with Crippen molar-refractivity contribution in [3.63, 3.8) is 0 Å². The number of hydrogen-bond acceptors (Lipinski definition) is 1. The molecule has 0 spiro atoms. The SMILES string of the molecule is CC(=O)C1CC(I)C1. The minimum absolute atomic E-state index is 0.373. The third-order valence-corrected chi connectivity index (χ3v) is 2.67. The van der Waals surface area contributed by atoms with E-state index in [2.05, 4.69) is 22.6 Å². The van der Waals surface area contributed by atoms with Crippen molar-refractivity contribution in [1.29, 1.82) is 0 Å². The van der Waals surface area contributed by atoms with Crippen molar-refractivity contribution in [2.45, 2.75) is 23.7 Å². The largest absolute Gasteiger partial charge is 0.300 e. The summed E-state index contributed by atoms with van der Waals surface area (Å²) in [4.78, 5) is 10.6. The molecule has 0 N–H and O–H groups in total. The first kappa shape index (κ1) is 6.52. The standard InChI is InChI=1S/C6H9IO/c1-4(8)5-2-6(7)3-5/h5-6H,2-3H2,1H3. The van der Waals surface area contributed by atoms with Crippen LogP contribution < -0.4 is 0 Å². The highest BCUT2D eigenvalue weighted by atomic mass is 127. The molecule has 1 rings (SSSR count). The monoisotopic (exact) mass is 224 g/mol. The highest BCUT2D eigenvalue weighted by molar-refractivity contribution is 14.1. The van der Waals surface area contributed by atoms with Crippen LogP contribution in [0.3, 0.4) is 0 Å². The summed E-state index contributed by atoms with van der Waals surface area (Å²) in [6.07, 6.45) is 2.24. The molecule has 2 heteroatoms. The van der Waals surface area contributed by atoms with E-state index in [0.717, 1.165) is 16.8 Å². The molecule has 0 heterocycles. The highest BCUT2D eigenvalue weighted by Crippen LogP contribution is 2.33. The van der Waals surface area contributed by atoms with Gasteiger partial charge in [0.2, 0.25) is 0 Å². The first-order valence-electron chi connectivity index (χ1n) is 2.84. The number of carbonyl (C=O) groups excluding carboxylic acids is 1. The van der Waals surface area contributed by atoms with Gasteiger partial charge in [-0.3, -0.25) is 4.79 Å². The van der Waals surface area contributed by atoms with Crippen molar-refractivity contribution in [3.05, 3.63) is 0 Å². The summed E-state index contributed by atoms with van der Waals surface area (Å²) >= 11 is 2.39. The van der Waals surface area contributed by atoms with Crippen molar-refractivity contribution in [2.75, 3.05) is 0 Å². The molecule has 1 nitrogen and oxygen atoms in total. The van der Waals surface area contributed by atoms with Gasteiger partial charge in [0.25, 0.3) is 0 Å². The zero-order valence-corrected chi connectivity index (χ0v) is 7.01. The Kier molecular flexibility index (Phi) is 1.90. The lowest BCUT2D eigenvalue weighted by molar-refractivity contribution is -0.122. The van der Waals surface area contributed by atoms with Gasteiger partial charge in [-0.05, 0) is 19.8 Å². The second-order valence-corrected chi connectivity index (χ2v) is 4.14. The Labute approximate surface area is 63.0 Å². The number of hydrogen-bond donors (Lipinski definition) is 0. The summed E-state index contributed by atoms with van der Waals surface area (Å²) in [6.45, 7) is 1.69. The van der Waals surface area contributed by atoms with Crippen LogP contribution in [-0.2, 0) is 4.79 Å². The van der Waals surface area contributed by atoms with Gasteiger partial charge in [-0.15, -0.1) is 0 Å². The summed E-state index contributed by atoms with van der Waals surface area (Å²) in [5, 5.41) is 0. The number of halogens is 1. The van der Waals surface area contributed by atoms with Gasteiger partial charge in [-0.2, -0.15) is 0 Å². The predicted octanol–water partition coefficient (Wildman–Crippen LogP) is 1.79. The molecule has 0 bridgehead atoms. The van der Waals surface area contributed by atoms with E-state index in [1.54, 1.807) is 6.92 Å². The summed E-state index contributed by atoms with van der Waals surface area (Å²) < 4.78 is 0.779. The van der Waals surface area contributed by atoms with E-state index in [1.807, 2.05) is 0 Å². The van der Waals surface area contributed by atoms with Crippen LogP contribution in [0.5, 0.6) is 0 Å². The Balaban J connectivity index is 2.25. The first-order chi connectivity index (χ1) is 3.70. The Morgan fingerprint density at radius 1 is 1.62 bits per heavy atom. The lowest BCUT2D eigenvalue weighted by atomic mass is 9.83. The molecule has 1 fully saturated rings. The molecule has 0 radical (unpaired) electrons. The molecule has 1 aliphatic carbocycles. The van der Waals surface area contributed by atoms with E-state index in [0.29, 0.717) is 11.7 Å². The van der Waals surface area contributed by atoms with E-state index in [1.165, 1.54) is 0 Å². The Morgan fingerprint density at radius 3 is 2.25 bits per heavy atom. The van der Waals surface area contributed by atoms with Crippen molar-refractivity contribution in [2.24, 2.45) is 5.92 Å². The zero-order valence-electron chi connectivity index (χ0n) is 4.86. The molecule has 0 aromatic rings. The van der Waals surface area contributed by atoms with Crippen LogP contribution in [0.4, 0.5) is 0 Å². The van der Waals surface area contributed by atoms with E-state index < -0.39 is 0 Å². The third kappa shape index (κ3) is 1.21. The van der Waals surface area contributed by atoms with Crippen LogP contribution in [-0.4, -0.2) is 9.71 Å². The van der Waals surface area contributed by atoms with Crippen molar-refractivity contribution < 1.29 is 4.79 Å². The fourth-order valence-electron chi connectivity index (χ4n) is 0.880. The molecule has 0 saturated heterocycles. The maximum absolute atomic E-state index is 10.6. The summed E-state index contributed by atoms with van der Waals surface area (Å²) in [6, 6.07) is 0. The van der Waals surface area contributed by atoms with Crippen LogP contribution in [0.15, 0.2) is 0 Å². The predicted molar refractivity (Wildman–Crippen MR) is 41.2 cm³/mol. The van der Waals surface area contributed by atoms with Crippen molar-refractivity contribution >= 4 is 28.4 Å². The third-order valence-electron chi connectivity index (χ3n) is 1.66. The fourth-order valence-corrected chi connectivity index (χ4v) is 2.11. The molecule has 1 saturated carbocycles. The van der Waals surface area contributed by atoms with Crippen LogP contribution in [0.25, 0.3) is 0 Å². The Bertz CT molecular complexity index is 105. The minimum Gasteiger partial charge on any atom is -0.300 e. The quantitative estimate of drug-likeness (QED) is 0.490. The lowest BCUT2D eigenvalue weighted by Gasteiger charge is -2.28. The molecule has 46 valence electrons. The molecule has 0 unspecified atom stereocenters. The van der Waals surface area contributed by atoms with Gasteiger partial charge in [0.1, 0.15) is 5.78 Å². The van der Waals surface area contributed by atoms with Gasteiger partial charge < -0.3 is 0 Å². The maximum atomic E-state index is 10.6. The molecule has 0 aliphatic heterocycles. The van der Waals surface area contributed by atoms with Crippen LogP contribution in [0.1, 0.15) is 19.8 Å². The number of Topliss-reactive ketones (excluding diaryl/α,β-unsaturated/α-hetero) is 1. The number of rotatable bonds is 1. The van der Waals surface area contributed by atoms with E-state index >= 15 is 0 Å². The second kappa shape index (κ2) is 2.33. The van der Waals surface area contributed by atoms with Gasteiger partial charge >= 0.3 is 0 Å². The van der Waals surface area contributed by atoms with Gasteiger partial charge in [0, 0.05) is 9.84 Å². The zero-order chi connectivity index (χ0) is 6.15. The number of carbonyl (C=O) groups is 1. The van der Waals surface area contributed by atoms with E-state index in [4.69, 9.17) is 0 Å². The topological polar surface area (TPSA) is 17.1 Å². The highest BCUT2D eigenvalue weighted by Gasteiger charge is 2.29. The van der Waals surface area contributed by atoms with Gasteiger partial charge in [0.05, 0.1) is 0 Å². The Hall–Kier alpha value is 0.400. The summed E-state index contributed by atoms with van der Waals surface area (Å²) in [5.74, 6) is 0.787. The molecule has 0 aromatic heterocycles. The van der Waals surface area contributed by atoms with Crippen molar-refractivity contribution in [3.8, 4) is 0 Å². The summed E-state index contributed by atoms with van der Waals surface area (Å²) in [7, 11) is 0. The van der Waals surface area contributed by atoms with Gasteiger partial charge in [0.15, 0.2) is 0 Å². The molecule has 0 amide bonds. The molecule has 0 atom stereocenters. The molecule has 0 aromatic carbocycles. The van der Waals surface area contributed by atoms with Gasteiger partial charge in [-0.1, -0.05) is 22.6 Å². The molecular weight excluding hydrogens is 215 g/mol. The molecule has 1 aliphatic rings. The van der Waals surface area contributed by atoms with Crippen molar-refractivity contribution in [1.82, 2.24) is 0 Å². The average molecular weight is 224 g/mol. The Morgan fingerprint density at radius 2 is 2.12 bits per heavy atom. The second-order valence-electron chi connectivity index (χ2n) is 2.38. The fraction of sp³-hybridized carbons (Fsp3) is 0.833. The first-order valence-corrected chi connectivity index (χ1v) is 4.09. The average Bonchev–Trinajstić information content (AvgIpc) is 1.57. The smallest absolute Gasteiger partial charge is 0.132 e. The number of ketones is 1. The molecular formula is C6H9IO. The van der Waals surface area contributed by atoms with E-state index in [-0.39, 0.29) is 0 Å². The summed E-state index contributed by atoms with van der Waals surface area (Å²) in [5.41, 5.74) is 0. The minimum atomic E-state index is 0.373. The van der Waals surface area contributed by atoms with E-state index in [9.17, 15) is 4.79 Å². The number of alkyl halides is 1. The van der Waals surface area contributed by atoms with Crippen LogP contribution in [0, 0.1) is 5.92 Å². The lowest BCUT2D eigenvalue weighted by Crippen LogP contribution is -2.28. The van der Waals surface area contributed by atoms with Crippen LogP contribution >= 0.6 is 22.6 Å². The maximum Gasteiger partial charge on any atom is 0.132 e.